The van der Waals surface area contributed by atoms with Crippen molar-refractivity contribution in [2.24, 2.45) is 5.92 Å². The number of anilines is 1. The van der Waals surface area contributed by atoms with E-state index in [1.807, 2.05) is 24.7 Å². The van der Waals surface area contributed by atoms with Crippen LogP contribution in [0, 0.1) is 5.92 Å². The van der Waals surface area contributed by atoms with Crippen LogP contribution in [0.25, 0.3) is 22.3 Å². The molecule has 0 amide bonds. The fourth-order valence-electron chi connectivity index (χ4n) is 3.96. The highest BCUT2D eigenvalue weighted by Gasteiger charge is 2.31. The lowest BCUT2D eigenvalue weighted by molar-refractivity contribution is 0.181. The molecule has 0 aliphatic carbocycles. The molecule has 1 aliphatic rings. The van der Waals surface area contributed by atoms with Gasteiger partial charge in [-0.25, -0.2) is 15.0 Å². The number of benzene rings is 1. The summed E-state index contributed by atoms with van der Waals surface area (Å²) < 4.78 is 8.05. The van der Waals surface area contributed by atoms with Gasteiger partial charge in [-0.05, 0) is 24.1 Å². The minimum Gasteiger partial charge on any atom is -0.379 e. The van der Waals surface area contributed by atoms with Crippen molar-refractivity contribution in [2.45, 2.75) is 12.5 Å². The maximum atomic E-state index is 5.87. The molecule has 28 heavy (non-hydrogen) atoms. The van der Waals surface area contributed by atoms with E-state index in [1.54, 1.807) is 12.4 Å². The lowest BCUT2D eigenvalue weighted by Gasteiger charge is -2.21. The molecule has 4 heterocycles. The lowest BCUT2D eigenvalue weighted by atomic mass is 9.93. The molecule has 1 aromatic carbocycles. The van der Waals surface area contributed by atoms with Crippen LogP contribution in [0.2, 0.25) is 0 Å². The summed E-state index contributed by atoms with van der Waals surface area (Å²) >= 11 is 0. The molecule has 2 N–H and O–H groups in total. The zero-order valence-corrected chi connectivity index (χ0v) is 15.3. The van der Waals surface area contributed by atoms with Crippen LogP contribution in [0.1, 0.15) is 11.6 Å². The maximum Gasteiger partial charge on any atom is 0.219 e. The van der Waals surface area contributed by atoms with E-state index in [0.29, 0.717) is 12.5 Å². The Kier molecular flexibility index (Phi) is 4.21. The van der Waals surface area contributed by atoms with Crippen LogP contribution in [0.5, 0.6) is 0 Å². The summed E-state index contributed by atoms with van der Waals surface area (Å²) in [5, 5.41) is 1.20. The Labute approximate surface area is 162 Å². The number of fused-ring (bicyclic) bond motifs is 1. The lowest BCUT2D eigenvalue weighted by Crippen LogP contribution is -2.20. The van der Waals surface area contributed by atoms with Crippen LogP contribution in [-0.2, 0) is 11.2 Å². The number of nitrogens with zero attached hydrogens (tertiary/aromatic N) is 5. The van der Waals surface area contributed by atoms with Crippen molar-refractivity contribution in [2.75, 3.05) is 18.9 Å². The van der Waals surface area contributed by atoms with Crippen LogP contribution in [0.4, 0.5) is 5.95 Å². The number of pyridine rings is 1. The van der Waals surface area contributed by atoms with Crippen molar-refractivity contribution >= 4 is 16.9 Å². The SMILES string of the molecule is Nc1ncc(-c2nccn2[C@@H]2COC[C@H]2Cc2ccnc3ccccc23)cn1. The predicted octanol–water partition coefficient (Wildman–Crippen LogP) is 2.90. The molecule has 1 fully saturated rings. The second-order valence-corrected chi connectivity index (χ2v) is 7.04. The number of hydrogen-bond acceptors (Lipinski definition) is 6. The summed E-state index contributed by atoms with van der Waals surface area (Å²) in [7, 11) is 0. The van der Waals surface area contributed by atoms with Gasteiger partial charge >= 0.3 is 0 Å². The molecule has 7 heteroatoms. The number of imidazole rings is 1. The first-order valence-electron chi connectivity index (χ1n) is 9.30. The Balaban J connectivity index is 1.47. The summed E-state index contributed by atoms with van der Waals surface area (Å²) in [6.45, 7) is 1.38. The van der Waals surface area contributed by atoms with E-state index in [0.717, 1.165) is 29.9 Å². The first kappa shape index (κ1) is 16.8. The van der Waals surface area contributed by atoms with Gasteiger partial charge in [0, 0.05) is 42.3 Å². The van der Waals surface area contributed by atoms with Gasteiger partial charge in [0.2, 0.25) is 5.95 Å². The number of rotatable bonds is 4. The van der Waals surface area contributed by atoms with Crippen LogP contribution in [0.15, 0.2) is 61.3 Å². The fourth-order valence-corrected chi connectivity index (χ4v) is 3.96. The predicted molar refractivity (Wildman–Crippen MR) is 106 cm³/mol. The van der Waals surface area contributed by atoms with Crippen molar-refractivity contribution < 1.29 is 4.74 Å². The maximum absolute atomic E-state index is 5.87. The Hall–Kier alpha value is -3.32. The summed E-state index contributed by atoms with van der Waals surface area (Å²) in [4.78, 5) is 17.2. The van der Waals surface area contributed by atoms with E-state index in [9.17, 15) is 0 Å². The van der Waals surface area contributed by atoms with Gasteiger partial charge in [-0.3, -0.25) is 4.98 Å². The van der Waals surface area contributed by atoms with E-state index in [-0.39, 0.29) is 12.0 Å². The van der Waals surface area contributed by atoms with E-state index in [1.165, 1.54) is 10.9 Å². The van der Waals surface area contributed by atoms with Crippen molar-refractivity contribution in [3.8, 4) is 11.4 Å². The highest BCUT2D eigenvalue weighted by Crippen LogP contribution is 2.33. The second kappa shape index (κ2) is 7.01. The molecule has 2 atom stereocenters. The summed E-state index contributed by atoms with van der Waals surface area (Å²) in [6, 6.07) is 10.6. The smallest absolute Gasteiger partial charge is 0.219 e. The standard InChI is InChI=1S/C21H20N6O/c22-21-25-10-16(11-26-21)20-24-7-8-27(20)19-13-28-12-15(19)9-14-5-6-23-18-4-2-1-3-17(14)18/h1-8,10-11,15,19H,9,12-13H2,(H2,22,25,26)/t15-,19-/m1/s1. The normalized spacial score (nSPS) is 19.3. The molecular formula is C21H20N6O. The number of aromatic nitrogens is 5. The second-order valence-electron chi connectivity index (χ2n) is 7.04. The van der Waals surface area contributed by atoms with Gasteiger partial charge in [-0.1, -0.05) is 18.2 Å². The van der Waals surface area contributed by atoms with Crippen LogP contribution in [0.3, 0.4) is 0 Å². The monoisotopic (exact) mass is 372 g/mol. The molecule has 0 bridgehead atoms. The molecule has 140 valence electrons. The number of nitrogen functional groups attached to an aromatic ring is 1. The Morgan fingerprint density at radius 3 is 2.75 bits per heavy atom. The molecule has 0 saturated carbocycles. The molecule has 0 radical (unpaired) electrons. The van der Waals surface area contributed by atoms with Crippen LogP contribution >= 0.6 is 0 Å². The van der Waals surface area contributed by atoms with Crippen molar-refractivity contribution in [3.63, 3.8) is 0 Å². The largest absolute Gasteiger partial charge is 0.379 e. The summed E-state index contributed by atoms with van der Waals surface area (Å²) in [5.74, 6) is 1.43. The van der Waals surface area contributed by atoms with Crippen molar-refractivity contribution in [1.29, 1.82) is 0 Å². The Bertz CT molecular complexity index is 1100. The Morgan fingerprint density at radius 1 is 1.00 bits per heavy atom. The van der Waals surface area contributed by atoms with Gasteiger partial charge in [-0.2, -0.15) is 0 Å². The summed E-state index contributed by atoms with van der Waals surface area (Å²) in [5.41, 5.74) is 8.79. The molecule has 3 aromatic heterocycles. The molecular weight excluding hydrogens is 352 g/mol. The highest BCUT2D eigenvalue weighted by molar-refractivity contribution is 5.81. The van der Waals surface area contributed by atoms with Gasteiger partial charge in [0.1, 0.15) is 5.82 Å². The average molecular weight is 372 g/mol. The highest BCUT2D eigenvalue weighted by atomic mass is 16.5. The van der Waals surface area contributed by atoms with Crippen LogP contribution < -0.4 is 5.73 Å². The van der Waals surface area contributed by atoms with E-state index >= 15 is 0 Å². The topological polar surface area (TPSA) is 91.7 Å². The van der Waals surface area contributed by atoms with Gasteiger partial charge < -0.3 is 15.0 Å². The third-order valence-corrected chi connectivity index (χ3v) is 5.34. The fraction of sp³-hybridized carbons (Fsp3) is 0.238. The number of hydrogen-bond donors (Lipinski definition) is 1. The van der Waals surface area contributed by atoms with E-state index < -0.39 is 0 Å². The first-order chi connectivity index (χ1) is 13.8. The van der Waals surface area contributed by atoms with E-state index in [4.69, 9.17) is 10.5 Å². The number of nitrogens with two attached hydrogens (primary N) is 1. The quantitative estimate of drug-likeness (QED) is 0.592. The minimum absolute atomic E-state index is 0.196. The van der Waals surface area contributed by atoms with Gasteiger partial charge in [-0.15, -0.1) is 0 Å². The van der Waals surface area contributed by atoms with Crippen molar-refractivity contribution in [3.05, 3.63) is 66.9 Å². The first-order valence-corrected chi connectivity index (χ1v) is 9.30. The molecule has 5 rings (SSSR count). The van der Waals surface area contributed by atoms with Crippen LogP contribution in [-0.4, -0.2) is 37.7 Å². The minimum atomic E-state index is 0.196. The average Bonchev–Trinajstić information content (AvgIpc) is 3.38. The zero-order chi connectivity index (χ0) is 18.9. The third kappa shape index (κ3) is 2.99. The van der Waals surface area contributed by atoms with Gasteiger partial charge in [0.05, 0.1) is 30.3 Å². The van der Waals surface area contributed by atoms with Crippen molar-refractivity contribution in [1.82, 2.24) is 24.5 Å². The number of ether oxygens (including phenoxy) is 1. The van der Waals surface area contributed by atoms with Gasteiger partial charge in [0.25, 0.3) is 0 Å². The molecule has 1 aliphatic heterocycles. The molecule has 0 unspecified atom stereocenters. The van der Waals surface area contributed by atoms with E-state index in [2.05, 4.69) is 48.8 Å². The molecule has 1 saturated heterocycles. The number of para-hydroxylation sites is 1. The third-order valence-electron chi connectivity index (χ3n) is 5.34. The molecule has 7 nitrogen and oxygen atoms in total. The molecule has 4 aromatic rings. The van der Waals surface area contributed by atoms with Gasteiger partial charge in [0.15, 0.2) is 0 Å². The molecule has 0 spiro atoms. The summed E-state index contributed by atoms with van der Waals surface area (Å²) in [6.07, 6.45) is 10.0. The zero-order valence-electron chi connectivity index (χ0n) is 15.3. The Morgan fingerprint density at radius 2 is 1.86 bits per heavy atom.